The standard InChI is InChI=1S/C12H11Cl3N4O4/c13-6-8(16)7(14)10(15)19-9(6)11(21)23-3-5(20)18-12(22)17-4-1-2-4/h4H,1-3H2,(H2,16,19)(H2,17,18,20,22)/p+1. The monoisotopic (exact) mass is 381 g/mol. The predicted octanol–water partition coefficient (Wildman–Crippen LogP) is 1.19. The highest BCUT2D eigenvalue weighted by atomic mass is 35.5. The van der Waals surface area contributed by atoms with E-state index in [1.165, 1.54) is 0 Å². The fourth-order valence-corrected chi connectivity index (χ4v) is 2.13. The summed E-state index contributed by atoms with van der Waals surface area (Å²) in [5, 5.41) is 4.24. The fourth-order valence-electron chi connectivity index (χ4n) is 1.52. The quantitative estimate of drug-likeness (QED) is 0.533. The lowest BCUT2D eigenvalue weighted by molar-refractivity contribution is -0.380. The molecule has 23 heavy (non-hydrogen) atoms. The van der Waals surface area contributed by atoms with Gasteiger partial charge in [-0.1, -0.05) is 23.2 Å². The summed E-state index contributed by atoms with van der Waals surface area (Å²) in [6, 6.07) is -0.546. The normalized spacial score (nSPS) is 13.3. The van der Waals surface area contributed by atoms with Crippen molar-refractivity contribution in [2.45, 2.75) is 18.9 Å². The van der Waals surface area contributed by atoms with Crippen LogP contribution >= 0.6 is 34.8 Å². The molecule has 3 amide bonds. The van der Waals surface area contributed by atoms with Crippen LogP contribution in [0.15, 0.2) is 0 Å². The number of amides is 3. The number of hydrogen-bond donors (Lipinski definition) is 3. The van der Waals surface area contributed by atoms with Crippen LogP contribution in [0, 0.1) is 0 Å². The van der Waals surface area contributed by atoms with Crippen LogP contribution in [-0.2, 0) is 9.53 Å². The molecule has 1 aliphatic carbocycles. The number of aromatic nitrogens is 1. The number of hydrogen-bond acceptors (Lipinski definition) is 5. The van der Waals surface area contributed by atoms with Gasteiger partial charge in [0.1, 0.15) is 10.0 Å². The molecule has 11 heteroatoms. The Morgan fingerprint density at radius 3 is 2.48 bits per heavy atom. The highest BCUT2D eigenvalue weighted by Crippen LogP contribution is 2.32. The molecule has 1 aromatic rings. The molecular weight excluding hydrogens is 371 g/mol. The highest BCUT2D eigenvalue weighted by molar-refractivity contribution is 6.45. The SMILES string of the molecule is Nc1c(Cl)c(Cl)[nH+]c(C(=O)OCC(=O)NC(=O)NC2CC2)c1Cl. The van der Waals surface area contributed by atoms with Gasteiger partial charge in [-0.25, -0.2) is 9.59 Å². The van der Waals surface area contributed by atoms with Gasteiger partial charge in [-0.2, -0.15) is 4.98 Å². The molecule has 0 atom stereocenters. The van der Waals surface area contributed by atoms with E-state index >= 15 is 0 Å². The number of rotatable bonds is 4. The van der Waals surface area contributed by atoms with Crippen LogP contribution in [0.3, 0.4) is 0 Å². The van der Waals surface area contributed by atoms with Gasteiger partial charge in [-0.15, -0.1) is 0 Å². The Labute approximate surface area is 145 Å². The molecule has 0 aliphatic heterocycles. The number of carbonyl (C=O) groups excluding carboxylic acids is 3. The summed E-state index contributed by atoms with van der Waals surface area (Å²) in [6.45, 7) is -0.679. The maximum Gasteiger partial charge on any atom is 0.405 e. The van der Waals surface area contributed by atoms with E-state index in [1.807, 2.05) is 5.32 Å². The van der Waals surface area contributed by atoms with Crippen molar-refractivity contribution >= 4 is 58.4 Å². The van der Waals surface area contributed by atoms with Gasteiger partial charge in [0.25, 0.3) is 11.1 Å². The topological polar surface area (TPSA) is 125 Å². The number of carbonyl (C=O) groups is 3. The number of nitrogen functional groups attached to an aromatic ring is 1. The smallest absolute Gasteiger partial charge is 0.405 e. The van der Waals surface area contributed by atoms with Crippen molar-refractivity contribution in [1.29, 1.82) is 0 Å². The van der Waals surface area contributed by atoms with E-state index in [4.69, 9.17) is 45.3 Å². The third-order valence-electron chi connectivity index (χ3n) is 2.82. The molecule has 0 spiro atoms. The summed E-state index contributed by atoms with van der Waals surface area (Å²) >= 11 is 17.4. The van der Waals surface area contributed by atoms with Gasteiger partial charge in [-0.05, 0) is 24.4 Å². The number of nitrogens with one attached hydrogen (secondary N) is 3. The molecule has 5 N–H and O–H groups in total. The molecule has 124 valence electrons. The third-order valence-corrected chi connectivity index (χ3v) is 3.99. The van der Waals surface area contributed by atoms with Gasteiger partial charge >= 0.3 is 17.7 Å². The average Bonchev–Trinajstić information content (AvgIpc) is 3.30. The maximum atomic E-state index is 11.9. The lowest BCUT2D eigenvalue weighted by Gasteiger charge is -2.06. The van der Waals surface area contributed by atoms with E-state index in [0.29, 0.717) is 0 Å². The van der Waals surface area contributed by atoms with Crippen LogP contribution in [-0.4, -0.2) is 30.6 Å². The zero-order valence-corrected chi connectivity index (χ0v) is 13.8. The molecule has 0 saturated heterocycles. The van der Waals surface area contributed by atoms with Gasteiger partial charge in [0.2, 0.25) is 0 Å². The van der Waals surface area contributed by atoms with Gasteiger partial charge in [0.05, 0.1) is 5.69 Å². The highest BCUT2D eigenvalue weighted by Gasteiger charge is 2.28. The van der Waals surface area contributed by atoms with Crippen molar-refractivity contribution in [2.24, 2.45) is 0 Å². The number of imide groups is 1. The number of ether oxygens (including phenoxy) is 1. The molecule has 1 aliphatic rings. The molecular formula is C12H12Cl3N4O4+. The zero-order valence-electron chi connectivity index (χ0n) is 11.5. The third kappa shape index (κ3) is 4.60. The Bertz CT molecular complexity index is 679. The van der Waals surface area contributed by atoms with E-state index in [0.717, 1.165) is 12.8 Å². The van der Waals surface area contributed by atoms with E-state index in [9.17, 15) is 14.4 Å². The van der Waals surface area contributed by atoms with Crippen molar-refractivity contribution in [2.75, 3.05) is 12.3 Å². The van der Waals surface area contributed by atoms with Crippen molar-refractivity contribution in [1.82, 2.24) is 10.6 Å². The average molecular weight is 383 g/mol. The van der Waals surface area contributed by atoms with Crippen molar-refractivity contribution in [3.8, 4) is 0 Å². The molecule has 1 saturated carbocycles. The van der Waals surface area contributed by atoms with Crippen molar-refractivity contribution < 1.29 is 24.1 Å². The first-order valence-corrected chi connectivity index (χ1v) is 7.55. The molecule has 1 heterocycles. The Morgan fingerprint density at radius 1 is 1.22 bits per heavy atom. The predicted molar refractivity (Wildman–Crippen MR) is 82.4 cm³/mol. The van der Waals surface area contributed by atoms with Crippen LogP contribution in [0.5, 0.6) is 0 Å². The second-order valence-electron chi connectivity index (χ2n) is 4.73. The largest absolute Gasteiger partial charge is 0.448 e. The van der Waals surface area contributed by atoms with E-state index in [1.54, 1.807) is 0 Å². The first-order chi connectivity index (χ1) is 10.8. The number of halogens is 3. The minimum Gasteiger partial charge on any atom is -0.448 e. The van der Waals surface area contributed by atoms with Gasteiger partial charge in [-0.3, -0.25) is 10.1 Å². The summed E-state index contributed by atoms with van der Waals surface area (Å²) < 4.78 is 4.74. The Balaban J connectivity index is 1.91. The number of pyridine rings is 1. The van der Waals surface area contributed by atoms with Crippen molar-refractivity contribution in [3.63, 3.8) is 0 Å². The van der Waals surface area contributed by atoms with Crippen LogP contribution < -0.4 is 21.4 Å². The van der Waals surface area contributed by atoms with E-state index < -0.39 is 24.5 Å². The number of aromatic amines is 1. The van der Waals surface area contributed by atoms with Gasteiger partial charge in [0, 0.05) is 6.04 Å². The summed E-state index contributed by atoms with van der Waals surface area (Å²) in [6.07, 6.45) is 1.76. The lowest BCUT2D eigenvalue weighted by atomic mass is 10.3. The second-order valence-corrected chi connectivity index (χ2v) is 5.86. The lowest BCUT2D eigenvalue weighted by Crippen LogP contribution is -2.42. The van der Waals surface area contributed by atoms with Crippen LogP contribution in [0.1, 0.15) is 23.3 Å². The van der Waals surface area contributed by atoms with Gasteiger partial charge in [0.15, 0.2) is 6.61 Å². The number of H-pyrrole nitrogens is 1. The first kappa shape index (κ1) is 17.6. The number of esters is 1. The van der Waals surface area contributed by atoms with E-state index in [2.05, 4.69) is 10.3 Å². The Hall–Kier alpha value is -1.77. The molecule has 8 nitrogen and oxygen atoms in total. The van der Waals surface area contributed by atoms with Crippen LogP contribution in [0.25, 0.3) is 0 Å². The molecule has 0 unspecified atom stereocenters. The second kappa shape index (κ2) is 7.20. The number of nitrogens with two attached hydrogens (primary N) is 1. The summed E-state index contributed by atoms with van der Waals surface area (Å²) in [5.74, 6) is -1.77. The van der Waals surface area contributed by atoms with Gasteiger partial charge < -0.3 is 15.8 Å². The molecule has 0 bridgehead atoms. The molecule has 1 fully saturated rings. The first-order valence-electron chi connectivity index (χ1n) is 6.42. The number of anilines is 1. The zero-order chi connectivity index (χ0) is 17.1. The Morgan fingerprint density at radius 2 is 1.87 bits per heavy atom. The molecule has 1 aromatic heterocycles. The molecule has 0 aromatic carbocycles. The van der Waals surface area contributed by atoms with Crippen LogP contribution in [0.2, 0.25) is 15.2 Å². The fraction of sp³-hybridized carbons (Fsp3) is 0.333. The van der Waals surface area contributed by atoms with Crippen molar-refractivity contribution in [3.05, 3.63) is 20.9 Å². The summed E-state index contributed by atoms with van der Waals surface area (Å²) in [5.41, 5.74) is 5.23. The molecule has 2 rings (SSSR count). The van der Waals surface area contributed by atoms with Crippen LogP contribution in [0.4, 0.5) is 10.5 Å². The Kier molecular flexibility index (Phi) is 5.51. The minimum absolute atomic E-state index is 0.0392. The summed E-state index contributed by atoms with van der Waals surface area (Å²) in [7, 11) is 0. The van der Waals surface area contributed by atoms with E-state index in [-0.39, 0.29) is 32.6 Å². The molecule has 0 radical (unpaired) electrons. The maximum absolute atomic E-state index is 11.9. The minimum atomic E-state index is -0.974. The summed E-state index contributed by atoms with van der Waals surface area (Å²) in [4.78, 5) is 37.1. The number of urea groups is 1.